The van der Waals surface area contributed by atoms with E-state index in [2.05, 4.69) is 20.3 Å². The van der Waals surface area contributed by atoms with Gasteiger partial charge in [0.2, 0.25) is 34.7 Å². The molecule has 1 aromatic rings. The summed E-state index contributed by atoms with van der Waals surface area (Å²) >= 11 is 0. The Hall–Kier alpha value is -1.05. The molecule has 0 unspecified atom stereocenters. The van der Waals surface area contributed by atoms with Crippen LogP contribution >= 0.6 is 0 Å². The largest absolute Gasteiger partial charge is 1.00 e. The molecule has 1 amide bonds. The monoisotopic (exact) mass is 274 g/mol. The molecule has 0 saturated carbocycles. The molecule has 0 radical (unpaired) electrons. The second-order valence-corrected chi connectivity index (χ2v) is 2.92. The van der Waals surface area contributed by atoms with E-state index in [1.807, 2.05) is 0 Å². The standard InChI is InChI=1S/C4H6N6O.Na.H2O4S/c5-2-8-3(6)10-4(9-2)7-1-11;;1-5(2,3)4/h1H,(H5,5,6,7,8,9,10,11);;(H2,1,2,3,4)/q;+1;/p-1. The first-order valence-electron chi connectivity index (χ1n) is 3.38. The van der Waals surface area contributed by atoms with E-state index in [4.69, 9.17) is 29.0 Å². The minimum atomic E-state index is -4.92. The minimum Gasteiger partial charge on any atom is -0.726 e. The fraction of sp³-hybridized carbons (Fsp3) is 0. The van der Waals surface area contributed by atoms with Crippen LogP contribution in [-0.4, -0.2) is 38.9 Å². The summed E-state index contributed by atoms with van der Waals surface area (Å²) in [7, 11) is -4.92. The molecular formula is C4H7N6NaO5S. The number of hydrogen-bond donors (Lipinski definition) is 4. The van der Waals surface area contributed by atoms with E-state index >= 15 is 0 Å². The Balaban J connectivity index is 0. The number of nitrogen functional groups attached to an aromatic ring is 2. The van der Waals surface area contributed by atoms with Crippen LogP contribution in [0.15, 0.2) is 0 Å². The summed E-state index contributed by atoms with van der Waals surface area (Å²) in [5, 5.41) is 2.19. The van der Waals surface area contributed by atoms with Gasteiger partial charge in [-0.3, -0.25) is 14.7 Å². The van der Waals surface area contributed by atoms with Crippen molar-refractivity contribution < 1.29 is 51.9 Å². The number of carbonyl (C=O) groups excluding carboxylic acids is 1. The van der Waals surface area contributed by atoms with Crippen LogP contribution in [0.3, 0.4) is 0 Å². The summed E-state index contributed by atoms with van der Waals surface area (Å²) in [6, 6.07) is 0. The molecule has 0 atom stereocenters. The molecule has 0 aliphatic carbocycles. The van der Waals surface area contributed by atoms with Gasteiger partial charge in [0, 0.05) is 0 Å². The molecule has 1 heterocycles. The summed E-state index contributed by atoms with van der Waals surface area (Å²) in [6.07, 6.45) is 0.425. The predicted octanol–water partition coefficient (Wildman–Crippen LogP) is -5.39. The van der Waals surface area contributed by atoms with Crippen molar-refractivity contribution in [1.82, 2.24) is 15.0 Å². The van der Waals surface area contributed by atoms with Crippen LogP contribution < -0.4 is 46.3 Å². The van der Waals surface area contributed by atoms with Crippen LogP contribution in [0.2, 0.25) is 0 Å². The van der Waals surface area contributed by atoms with Gasteiger partial charge >= 0.3 is 29.6 Å². The van der Waals surface area contributed by atoms with Crippen molar-refractivity contribution in [3.8, 4) is 0 Å². The number of nitrogens with zero attached hydrogens (tertiary/aromatic N) is 3. The van der Waals surface area contributed by atoms with Crippen molar-refractivity contribution in [1.29, 1.82) is 0 Å². The van der Waals surface area contributed by atoms with E-state index in [1.54, 1.807) is 0 Å². The molecule has 0 aromatic carbocycles. The van der Waals surface area contributed by atoms with Gasteiger partial charge in [-0.2, -0.15) is 15.0 Å². The first-order chi connectivity index (χ1) is 7.22. The van der Waals surface area contributed by atoms with E-state index in [1.165, 1.54) is 0 Å². The average molecular weight is 274 g/mol. The van der Waals surface area contributed by atoms with Crippen molar-refractivity contribution in [2.45, 2.75) is 0 Å². The molecule has 0 bridgehead atoms. The maximum Gasteiger partial charge on any atom is 1.00 e. The molecule has 6 N–H and O–H groups in total. The number of anilines is 3. The van der Waals surface area contributed by atoms with Gasteiger partial charge in [0.25, 0.3) is 0 Å². The number of nitrogens with two attached hydrogens (primary N) is 2. The topological polar surface area (TPSA) is 197 Å². The Bertz CT molecular complexity index is 437. The number of nitrogens with one attached hydrogen (secondary N) is 1. The number of aromatic nitrogens is 3. The Labute approximate surface area is 118 Å². The summed E-state index contributed by atoms with van der Waals surface area (Å²) in [5.74, 6) is -0.00583. The van der Waals surface area contributed by atoms with Crippen LogP contribution in [-0.2, 0) is 15.2 Å². The Kier molecular flexibility index (Phi) is 8.73. The summed E-state index contributed by atoms with van der Waals surface area (Å²) in [5.41, 5.74) is 10.4. The minimum absolute atomic E-state index is 0. The SMILES string of the molecule is Nc1nc(N)nc(NC=O)n1.O=S(=O)([O-])O.[Na+]. The fourth-order valence-electron chi connectivity index (χ4n) is 0.527. The quantitative estimate of drug-likeness (QED) is 0.175. The molecular weight excluding hydrogens is 267 g/mol. The van der Waals surface area contributed by atoms with Crippen molar-refractivity contribution in [3.05, 3.63) is 0 Å². The molecule has 0 fully saturated rings. The third kappa shape index (κ3) is 12.9. The smallest absolute Gasteiger partial charge is 0.726 e. The molecule has 11 nitrogen and oxygen atoms in total. The van der Waals surface area contributed by atoms with Gasteiger partial charge in [-0.05, 0) is 0 Å². The molecule has 1 rings (SSSR count). The first kappa shape index (κ1) is 18.3. The van der Waals surface area contributed by atoms with E-state index < -0.39 is 10.4 Å². The second kappa shape index (κ2) is 8.10. The first-order valence-corrected chi connectivity index (χ1v) is 4.74. The van der Waals surface area contributed by atoms with Gasteiger partial charge in [-0.15, -0.1) is 0 Å². The Morgan fingerprint density at radius 1 is 1.24 bits per heavy atom. The molecule has 0 spiro atoms. The van der Waals surface area contributed by atoms with Crippen molar-refractivity contribution >= 4 is 34.7 Å². The zero-order valence-electron chi connectivity index (χ0n) is 8.56. The van der Waals surface area contributed by atoms with Gasteiger partial charge in [0.05, 0.1) is 0 Å². The normalized spacial score (nSPS) is 9.29. The molecule has 0 saturated heterocycles. The molecule has 13 heteroatoms. The Morgan fingerprint density at radius 3 is 1.88 bits per heavy atom. The van der Waals surface area contributed by atoms with Crippen LogP contribution in [0.25, 0.3) is 0 Å². The second-order valence-electron chi connectivity index (χ2n) is 2.07. The van der Waals surface area contributed by atoms with E-state index in [9.17, 15) is 4.79 Å². The molecule has 0 aliphatic rings. The zero-order chi connectivity index (χ0) is 12.8. The predicted molar refractivity (Wildman–Crippen MR) is 50.7 cm³/mol. The molecule has 0 aliphatic heterocycles. The van der Waals surface area contributed by atoms with Gasteiger partial charge in [0.15, 0.2) is 0 Å². The van der Waals surface area contributed by atoms with Gasteiger partial charge < -0.3 is 16.0 Å². The van der Waals surface area contributed by atoms with Crippen molar-refractivity contribution in [2.24, 2.45) is 0 Å². The zero-order valence-corrected chi connectivity index (χ0v) is 11.4. The summed E-state index contributed by atoms with van der Waals surface area (Å²) < 4.78 is 32.8. The van der Waals surface area contributed by atoms with Crippen molar-refractivity contribution in [3.63, 3.8) is 0 Å². The summed E-state index contributed by atoms with van der Waals surface area (Å²) in [6.45, 7) is 0. The molecule has 17 heavy (non-hydrogen) atoms. The van der Waals surface area contributed by atoms with E-state index in [-0.39, 0.29) is 47.4 Å². The summed E-state index contributed by atoms with van der Waals surface area (Å²) in [4.78, 5) is 20.5. The maximum atomic E-state index is 9.90. The van der Waals surface area contributed by atoms with Crippen LogP contribution in [0.5, 0.6) is 0 Å². The van der Waals surface area contributed by atoms with E-state index in [0.717, 1.165) is 0 Å². The van der Waals surface area contributed by atoms with Gasteiger partial charge in [-0.25, -0.2) is 8.42 Å². The number of rotatable bonds is 2. The average Bonchev–Trinajstić information content (AvgIpc) is 1.98. The third-order valence-electron chi connectivity index (χ3n) is 0.858. The molecule has 90 valence electrons. The number of hydrogen-bond acceptors (Lipinski definition) is 9. The van der Waals surface area contributed by atoms with Crippen molar-refractivity contribution in [2.75, 3.05) is 16.8 Å². The molecule has 1 aromatic heterocycles. The van der Waals surface area contributed by atoms with Crippen LogP contribution in [0.1, 0.15) is 0 Å². The van der Waals surface area contributed by atoms with Crippen LogP contribution in [0.4, 0.5) is 17.8 Å². The maximum absolute atomic E-state index is 9.90. The number of amides is 1. The van der Waals surface area contributed by atoms with Gasteiger partial charge in [-0.1, -0.05) is 0 Å². The Morgan fingerprint density at radius 2 is 1.59 bits per heavy atom. The van der Waals surface area contributed by atoms with Gasteiger partial charge in [0.1, 0.15) is 0 Å². The third-order valence-corrected chi connectivity index (χ3v) is 0.858. The fourth-order valence-corrected chi connectivity index (χ4v) is 0.527. The van der Waals surface area contributed by atoms with E-state index in [0.29, 0.717) is 6.41 Å². The number of carbonyl (C=O) groups is 1. The van der Waals surface area contributed by atoms with Crippen LogP contribution in [0, 0.1) is 0 Å².